The monoisotopic (exact) mass is 239 g/mol. The molecule has 6 nitrogen and oxygen atoms in total. The summed E-state index contributed by atoms with van der Waals surface area (Å²) in [5, 5.41) is 0. The summed E-state index contributed by atoms with van der Waals surface area (Å²) in [6.07, 6.45) is 3.71. The van der Waals surface area contributed by atoms with E-state index in [-0.39, 0.29) is 5.69 Å². The van der Waals surface area contributed by atoms with E-state index in [0.29, 0.717) is 12.5 Å². The lowest BCUT2D eigenvalue weighted by atomic mass is 10.4. The third-order valence-corrected chi connectivity index (χ3v) is 2.01. The van der Waals surface area contributed by atoms with Crippen molar-refractivity contribution < 1.29 is 14.3 Å². The van der Waals surface area contributed by atoms with Crippen molar-refractivity contribution in [3.8, 4) is 5.88 Å². The summed E-state index contributed by atoms with van der Waals surface area (Å²) in [6.45, 7) is 1.47. The molecule has 0 aromatic carbocycles. The van der Waals surface area contributed by atoms with Gasteiger partial charge in [-0.25, -0.2) is 9.78 Å². The summed E-state index contributed by atoms with van der Waals surface area (Å²) in [5.74, 6) is -0.178. The fourth-order valence-corrected chi connectivity index (χ4v) is 1.18. The Labute approximate surface area is 101 Å². The molecule has 0 saturated carbocycles. The predicted molar refractivity (Wildman–Crippen MR) is 62.0 cm³/mol. The lowest BCUT2D eigenvalue weighted by molar-refractivity contribution is 0.0592. The highest BCUT2D eigenvalue weighted by Gasteiger charge is 2.08. The van der Waals surface area contributed by atoms with E-state index in [1.807, 2.05) is 14.1 Å². The van der Waals surface area contributed by atoms with Gasteiger partial charge in [-0.2, -0.15) is 0 Å². The van der Waals surface area contributed by atoms with Crippen LogP contribution in [0.2, 0.25) is 0 Å². The molecule has 0 spiro atoms. The molecule has 0 saturated heterocycles. The molecule has 0 aliphatic carbocycles. The number of ether oxygens (including phenoxy) is 2. The molecule has 1 rings (SSSR count). The Kier molecular flexibility index (Phi) is 5.35. The van der Waals surface area contributed by atoms with E-state index in [2.05, 4.69) is 19.6 Å². The Morgan fingerprint density at radius 3 is 2.82 bits per heavy atom. The van der Waals surface area contributed by atoms with Crippen molar-refractivity contribution in [2.45, 2.75) is 6.42 Å². The maximum absolute atomic E-state index is 11.2. The molecular weight excluding hydrogens is 222 g/mol. The zero-order valence-corrected chi connectivity index (χ0v) is 10.3. The molecule has 0 fully saturated rings. The van der Waals surface area contributed by atoms with Crippen LogP contribution in [0.3, 0.4) is 0 Å². The van der Waals surface area contributed by atoms with E-state index in [4.69, 9.17) is 4.74 Å². The van der Waals surface area contributed by atoms with Gasteiger partial charge in [0, 0.05) is 6.54 Å². The zero-order chi connectivity index (χ0) is 12.7. The minimum Gasteiger partial charge on any atom is -0.477 e. The van der Waals surface area contributed by atoms with Gasteiger partial charge in [0.15, 0.2) is 5.69 Å². The van der Waals surface area contributed by atoms with Crippen LogP contribution in [0.15, 0.2) is 12.4 Å². The Morgan fingerprint density at radius 2 is 2.18 bits per heavy atom. The van der Waals surface area contributed by atoms with E-state index in [9.17, 15) is 4.79 Å². The van der Waals surface area contributed by atoms with Crippen molar-refractivity contribution in [2.24, 2.45) is 0 Å². The van der Waals surface area contributed by atoms with Gasteiger partial charge in [0.2, 0.25) is 5.88 Å². The molecule has 1 aromatic rings. The van der Waals surface area contributed by atoms with Gasteiger partial charge in [-0.1, -0.05) is 0 Å². The highest BCUT2D eigenvalue weighted by atomic mass is 16.5. The van der Waals surface area contributed by atoms with Gasteiger partial charge in [-0.15, -0.1) is 0 Å². The van der Waals surface area contributed by atoms with Crippen LogP contribution >= 0.6 is 0 Å². The number of rotatable bonds is 6. The van der Waals surface area contributed by atoms with Crippen LogP contribution in [-0.2, 0) is 4.74 Å². The minimum absolute atomic E-state index is 0.151. The number of hydrogen-bond donors (Lipinski definition) is 0. The number of methoxy groups -OCH3 is 1. The minimum atomic E-state index is -0.517. The number of nitrogens with zero attached hydrogens (tertiary/aromatic N) is 3. The van der Waals surface area contributed by atoms with Crippen LogP contribution in [-0.4, -0.2) is 55.2 Å². The average Bonchev–Trinajstić information content (AvgIpc) is 2.34. The normalized spacial score (nSPS) is 10.4. The van der Waals surface area contributed by atoms with E-state index in [1.165, 1.54) is 19.5 Å². The Hall–Kier alpha value is -1.69. The molecule has 94 valence electrons. The Balaban J connectivity index is 2.46. The largest absolute Gasteiger partial charge is 0.477 e. The first-order valence-corrected chi connectivity index (χ1v) is 5.31. The topological polar surface area (TPSA) is 64.6 Å². The summed E-state index contributed by atoms with van der Waals surface area (Å²) in [7, 11) is 5.30. The maximum Gasteiger partial charge on any atom is 0.358 e. The molecule has 0 unspecified atom stereocenters. The molecule has 0 radical (unpaired) electrons. The van der Waals surface area contributed by atoms with E-state index in [1.54, 1.807) is 0 Å². The molecule has 1 heterocycles. The fraction of sp³-hybridized carbons (Fsp3) is 0.545. The van der Waals surface area contributed by atoms with Gasteiger partial charge in [0.1, 0.15) is 0 Å². The second-order valence-electron chi connectivity index (χ2n) is 3.74. The fourth-order valence-electron chi connectivity index (χ4n) is 1.18. The van der Waals surface area contributed by atoms with Gasteiger partial charge >= 0.3 is 5.97 Å². The number of esters is 1. The van der Waals surface area contributed by atoms with Gasteiger partial charge in [-0.05, 0) is 20.5 Å². The second-order valence-corrected chi connectivity index (χ2v) is 3.74. The van der Waals surface area contributed by atoms with Crippen molar-refractivity contribution in [1.29, 1.82) is 0 Å². The van der Waals surface area contributed by atoms with Gasteiger partial charge < -0.3 is 14.4 Å². The SMILES string of the molecule is COC(=O)c1cncc(OCCCN(C)C)n1. The molecular formula is C11H17N3O3. The van der Waals surface area contributed by atoms with E-state index < -0.39 is 5.97 Å². The molecule has 0 atom stereocenters. The van der Waals surface area contributed by atoms with Crippen LogP contribution in [0.5, 0.6) is 5.88 Å². The van der Waals surface area contributed by atoms with Crippen LogP contribution in [0.4, 0.5) is 0 Å². The Morgan fingerprint density at radius 1 is 1.41 bits per heavy atom. The Bertz CT molecular complexity index is 369. The molecule has 0 aliphatic rings. The average molecular weight is 239 g/mol. The van der Waals surface area contributed by atoms with Crippen molar-refractivity contribution in [3.05, 3.63) is 18.1 Å². The number of carbonyl (C=O) groups excluding carboxylic acids is 1. The number of aromatic nitrogens is 2. The lowest BCUT2D eigenvalue weighted by Crippen LogP contribution is -2.16. The standard InChI is InChI=1S/C11H17N3O3/c1-14(2)5-4-6-17-10-8-12-7-9(13-10)11(15)16-3/h7-8H,4-6H2,1-3H3. The van der Waals surface area contributed by atoms with Crippen molar-refractivity contribution >= 4 is 5.97 Å². The van der Waals surface area contributed by atoms with Gasteiger partial charge in [0.05, 0.1) is 26.1 Å². The van der Waals surface area contributed by atoms with Crippen LogP contribution in [0, 0.1) is 0 Å². The highest BCUT2D eigenvalue weighted by molar-refractivity contribution is 5.86. The van der Waals surface area contributed by atoms with Crippen LogP contribution in [0.1, 0.15) is 16.9 Å². The molecule has 0 N–H and O–H groups in total. The summed E-state index contributed by atoms with van der Waals surface area (Å²) >= 11 is 0. The molecule has 0 aliphatic heterocycles. The molecule has 6 heteroatoms. The number of hydrogen-bond acceptors (Lipinski definition) is 6. The van der Waals surface area contributed by atoms with Crippen LogP contribution in [0.25, 0.3) is 0 Å². The molecule has 0 bridgehead atoms. The van der Waals surface area contributed by atoms with Crippen LogP contribution < -0.4 is 4.74 Å². The maximum atomic E-state index is 11.2. The third kappa shape index (κ3) is 4.78. The summed E-state index contributed by atoms with van der Waals surface area (Å²) < 4.78 is 9.93. The van der Waals surface area contributed by atoms with E-state index >= 15 is 0 Å². The molecule has 1 aromatic heterocycles. The van der Waals surface area contributed by atoms with Crippen molar-refractivity contribution in [1.82, 2.24) is 14.9 Å². The van der Waals surface area contributed by atoms with Crippen molar-refractivity contribution in [3.63, 3.8) is 0 Å². The van der Waals surface area contributed by atoms with Gasteiger partial charge in [0.25, 0.3) is 0 Å². The van der Waals surface area contributed by atoms with E-state index in [0.717, 1.165) is 13.0 Å². The highest BCUT2D eigenvalue weighted by Crippen LogP contribution is 2.06. The first-order chi connectivity index (χ1) is 8.13. The summed E-state index contributed by atoms with van der Waals surface area (Å²) in [6, 6.07) is 0. The molecule has 0 amide bonds. The smallest absolute Gasteiger partial charge is 0.358 e. The summed E-state index contributed by atoms with van der Waals surface area (Å²) in [4.78, 5) is 21.1. The number of carbonyl (C=O) groups is 1. The second kappa shape index (κ2) is 6.80. The first-order valence-electron chi connectivity index (χ1n) is 5.31. The lowest BCUT2D eigenvalue weighted by Gasteiger charge is -2.09. The van der Waals surface area contributed by atoms with Crippen molar-refractivity contribution in [2.75, 3.05) is 34.4 Å². The quantitative estimate of drug-likeness (QED) is 0.535. The zero-order valence-electron chi connectivity index (χ0n) is 10.3. The summed E-state index contributed by atoms with van der Waals surface area (Å²) in [5.41, 5.74) is 0.151. The molecule has 17 heavy (non-hydrogen) atoms. The predicted octanol–water partition coefficient (Wildman–Crippen LogP) is 0.594. The van der Waals surface area contributed by atoms with Gasteiger partial charge in [-0.3, -0.25) is 4.98 Å². The third-order valence-electron chi connectivity index (χ3n) is 2.01. The first kappa shape index (κ1) is 13.4.